The first-order valence-corrected chi connectivity index (χ1v) is 13.1. The van der Waals surface area contributed by atoms with Crippen LogP contribution in [-0.2, 0) is 23.6 Å². The highest BCUT2D eigenvalue weighted by Gasteiger charge is 2.43. The summed E-state index contributed by atoms with van der Waals surface area (Å²) in [7, 11) is 0. The Morgan fingerprint density at radius 2 is 2.00 bits per heavy atom. The SMILES string of the molecule is CC1(c2ccc(Cl)cc2F)Oc2cccc(C3CCN(Cc4nc(C=O)cn4CC4CCO4)CC3)c2O1. The number of aromatic nitrogens is 2. The van der Waals surface area contributed by atoms with E-state index in [0.717, 1.165) is 63.2 Å². The van der Waals surface area contributed by atoms with E-state index in [1.165, 1.54) is 6.07 Å². The molecule has 3 aliphatic rings. The van der Waals surface area contributed by atoms with Crippen molar-refractivity contribution in [2.24, 2.45) is 0 Å². The van der Waals surface area contributed by atoms with E-state index in [9.17, 15) is 9.18 Å². The molecule has 9 heteroatoms. The lowest BCUT2D eigenvalue weighted by molar-refractivity contribution is -0.0712. The molecule has 4 heterocycles. The predicted molar refractivity (Wildman–Crippen MR) is 136 cm³/mol. The molecule has 6 rings (SSSR count). The van der Waals surface area contributed by atoms with Gasteiger partial charge in [-0.3, -0.25) is 9.69 Å². The Balaban J connectivity index is 1.14. The van der Waals surface area contributed by atoms with Crippen molar-refractivity contribution in [1.29, 1.82) is 0 Å². The van der Waals surface area contributed by atoms with Gasteiger partial charge in [-0.15, -0.1) is 0 Å². The second-order valence-electron chi connectivity index (χ2n) is 10.1. The number of rotatable bonds is 7. The van der Waals surface area contributed by atoms with Crippen LogP contribution < -0.4 is 9.47 Å². The molecule has 2 unspecified atom stereocenters. The summed E-state index contributed by atoms with van der Waals surface area (Å²) >= 11 is 5.94. The molecular weight excluding hydrogens is 497 g/mol. The molecule has 194 valence electrons. The number of nitrogens with zero attached hydrogens (tertiary/aromatic N) is 3. The van der Waals surface area contributed by atoms with Gasteiger partial charge in [0.25, 0.3) is 5.79 Å². The van der Waals surface area contributed by atoms with Crippen molar-refractivity contribution in [3.05, 3.63) is 76.1 Å². The van der Waals surface area contributed by atoms with Gasteiger partial charge in [0.05, 0.1) is 24.8 Å². The summed E-state index contributed by atoms with van der Waals surface area (Å²) in [6.45, 7) is 5.73. The topological polar surface area (TPSA) is 65.8 Å². The van der Waals surface area contributed by atoms with Crippen LogP contribution in [0.2, 0.25) is 5.02 Å². The molecule has 0 bridgehead atoms. The Labute approximate surface area is 220 Å². The fourth-order valence-electron chi connectivity index (χ4n) is 5.50. The summed E-state index contributed by atoms with van der Waals surface area (Å²) in [5.74, 6) is 0.779. The minimum atomic E-state index is -1.26. The number of aldehydes is 1. The number of hydrogen-bond donors (Lipinski definition) is 0. The summed E-state index contributed by atoms with van der Waals surface area (Å²) in [5.41, 5.74) is 1.86. The molecule has 37 heavy (non-hydrogen) atoms. The number of fused-ring (bicyclic) bond motifs is 1. The second-order valence-corrected chi connectivity index (χ2v) is 10.6. The summed E-state index contributed by atoms with van der Waals surface area (Å²) in [6.07, 6.45) is 5.75. The summed E-state index contributed by atoms with van der Waals surface area (Å²) in [6, 6.07) is 10.4. The number of halogens is 2. The number of para-hydroxylation sites is 1. The highest BCUT2D eigenvalue weighted by molar-refractivity contribution is 6.30. The highest BCUT2D eigenvalue weighted by Crippen LogP contribution is 2.49. The Morgan fingerprint density at radius 3 is 2.70 bits per heavy atom. The Morgan fingerprint density at radius 1 is 1.19 bits per heavy atom. The number of piperidine rings is 1. The van der Waals surface area contributed by atoms with Gasteiger partial charge >= 0.3 is 0 Å². The summed E-state index contributed by atoms with van der Waals surface area (Å²) < 4.78 is 34.8. The average molecular weight is 526 g/mol. The Bertz CT molecular complexity index is 1320. The van der Waals surface area contributed by atoms with Gasteiger partial charge in [0.15, 0.2) is 17.8 Å². The van der Waals surface area contributed by atoms with Gasteiger partial charge in [-0.1, -0.05) is 23.7 Å². The predicted octanol–water partition coefficient (Wildman–Crippen LogP) is 5.30. The molecule has 2 aromatic carbocycles. The van der Waals surface area contributed by atoms with Crippen LogP contribution in [0.25, 0.3) is 0 Å². The standard InChI is InChI=1S/C28H29ClFN3O4/c1-28(23-6-5-19(29)13-24(23)30)36-25-4-2-3-22(27(25)37-28)18-7-10-32(11-8-18)16-26-31-20(17-34)14-33(26)15-21-9-12-35-21/h2-6,13-14,17-18,21H,7-12,15-16H2,1H3. The molecule has 2 saturated heterocycles. The molecule has 0 aliphatic carbocycles. The van der Waals surface area contributed by atoms with Crippen LogP contribution in [0, 0.1) is 5.82 Å². The zero-order valence-corrected chi connectivity index (χ0v) is 21.4. The third kappa shape index (κ3) is 4.74. The van der Waals surface area contributed by atoms with Gasteiger partial charge in [0.1, 0.15) is 17.3 Å². The molecule has 2 atom stereocenters. The van der Waals surface area contributed by atoms with E-state index in [0.29, 0.717) is 40.2 Å². The van der Waals surface area contributed by atoms with E-state index in [1.54, 1.807) is 19.1 Å². The van der Waals surface area contributed by atoms with E-state index in [4.69, 9.17) is 25.8 Å². The van der Waals surface area contributed by atoms with Crippen LogP contribution in [0.1, 0.15) is 59.5 Å². The fourth-order valence-corrected chi connectivity index (χ4v) is 5.66. The summed E-state index contributed by atoms with van der Waals surface area (Å²) in [5, 5.41) is 0.328. The first kappa shape index (κ1) is 24.4. The minimum Gasteiger partial charge on any atom is -0.444 e. The first-order chi connectivity index (χ1) is 17.9. The third-order valence-electron chi connectivity index (χ3n) is 7.62. The van der Waals surface area contributed by atoms with Crippen LogP contribution in [0.4, 0.5) is 4.39 Å². The summed E-state index contributed by atoms with van der Waals surface area (Å²) in [4.78, 5) is 18.2. The third-order valence-corrected chi connectivity index (χ3v) is 7.85. The zero-order valence-electron chi connectivity index (χ0n) is 20.7. The first-order valence-electron chi connectivity index (χ1n) is 12.7. The average Bonchev–Trinajstić information content (AvgIpc) is 3.41. The number of hydrogen-bond acceptors (Lipinski definition) is 6. The molecule has 7 nitrogen and oxygen atoms in total. The molecule has 0 saturated carbocycles. The van der Waals surface area contributed by atoms with Crippen molar-refractivity contribution in [2.45, 2.75) is 57.1 Å². The van der Waals surface area contributed by atoms with E-state index < -0.39 is 11.6 Å². The number of carbonyl (C=O) groups excluding carboxylic acids is 1. The van der Waals surface area contributed by atoms with Crippen LogP contribution in [0.5, 0.6) is 11.5 Å². The number of likely N-dealkylation sites (tertiary alicyclic amines) is 1. The van der Waals surface area contributed by atoms with E-state index in [-0.39, 0.29) is 6.10 Å². The largest absolute Gasteiger partial charge is 0.444 e. The molecule has 0 spiro atoms. The van der Waals surface area contributed by atoms with Crippen LogP contribution >= 0.6 is 11.6 Å². The van der Waals surface area contributed by atoms with Crippen molar-refractivity contribution in [3.8, 4) is 11.5 Å². The molecule has 3 aromatic rings. The van der Waals surface area contributed by atoms with Gasteiger partial charge in [-0.2, -0.15) is 0 Å². The van der Waals surface area contributed by atoms with E-state index in [1.807, 2.05) is 18.3 Å². The van der Waals surface area contributed by atoms with Crippen molar-refractivity contribution >= 4 is 17.9 Å². The maximum atomic E-state index is 14.7. The fraction of sp³-hybridized carbons (Fsp3) is 0.429. The Kier molecular flexibility index (Phi) is 6.42. The molecule has 1 aromatic heterocycles. The maximum Gasteiger partial charge on any atom is 0.278 e. The molecule has 0 radical (unpaired) electrons. The Hall–Kier alpha value is -2.94. The van der Waals surface area contributed by atoms with Gasteiger partial charge in [0.2, 0.25) is 0 Å². The lowest BCUT2D eigenvalue weighted by Crippen LogP contribution is -2.35. The van der Waals surface area contributed by atoms with Crippen molar-refractivity contribution in [2.75, 3.05) is 19.7 Å². The van der Waals surface area contributed by atoms with Gasteiger partial charge in [0, 0.05) is 30.3 Å². The zero-order chi connectivity index (χ0) is 25.6. The van der Waals surface area contributed by atoms with E-state index in [2.05, 4.69) is 20.5 Å². The van der Waals surface area contributed by atoms with Crippen LogP contribution in [-0.4, -0.2) is 46.5 Å². The number of carbonyl (C=O) groups is 1. The lowest BCUT2D eigenvalue weighted by atomic mass is 9.88. The monoisotopic (exact) mass is 525 g/mol. The number of imidazole rings is 1. The highest BCUT2D eigenvalue weighted by atomic mass is 35.5. The van der Waals surface area contributed by atoms with Gasteiger partial charge < -0.3 is 18.8 Å². The van der Waals surface area contributed by atoms with Crippen molar-refractivity contribution in [3.63, 3.8) is 0 Å². The molecule has 3 aliphatic heterocycles. The van der Waals surface area contributed by atoms with Gasteiger partial charge in [-0.05, 0) is 62.5 Å². The lowest BCUT2D eigenvalue weighted by Gasteiger charge is -2.33. The molecule has 2 fully saturated rings. The van der Waals surface area contributed by atoms with Crippen LogP contribution in [0.15, 0.2) is 42.6 Å². The number of benzene rings is 2. The van der Waals surface area contributed by atoms with Crippen LogP contribution in [0.3, 0.4) is 0 Å². The molecular formula is C28H29ClFN3O4. The normalized spacial score (nSPS) is 23.7. The van der Waals surface area contributed by atoms with Crippen molar-refractivity contribution in [1.82, 2.24) is 14.5 Å². The number of ether oxygens (including phenoxy) is 3. The molecule has 0 amide bonds. The maximum absolute atomic E-state index is 14.7. The van der Waals surface area contributed by atoms with Gasteiger partial charge in [-0.25, -0.2) is 9.37 Å². The van der Waals surface area contributed by atoms with Crippen molar-refractivity contribution < 1.29 is 23.4 Å². The smallest absolute Gasteiger partial charge is 0.278 e. The second kappa shape index (κ2) is 9.74. The molecule has 0 N–H and O–H groups in total. The van der Waals surface area contributed by atoms with E-state index >= 15 is 0 Å². The minimum absolute atomic E-state index is 0.201. The quantitative estimate of drug-likeness (QED) is 0.390.